The van der Waals surface area contributed by atoms with Gasteiger partial charge in [-0.3, -0.25) is 4.79 Å². The average Bonchev–Trinajstić information content (AvgIpc) is 3.19. The minimum absolute atomic E-state index is 0.106. The third kappa shape index (κ3) is 5.57. The van der Waals surface area contributed by atoms with Crippen molar-refractivity contribution in [1.82, 2.24) is 10.2 Å². The number of carbonyl (C=O) groups excluding carboxylic acids is 1. The molecule has 0 saturated carbocycles. The van der Waals surface area contributed by atoms with E-state index in [1.165, 1.54) is 17.7 Å². The van der Waals surface area contributed by atoms with Crippen molar-refractivity contribution < 1.29 is 18.3 Å². The molecule has 6 nitrogen and oxygen atoms in total. The quantitative estimate of drug-likeness (QED) is 0.520. The van der Waals surface area contributed by atoms with E-state index in [1.54, 1.807) is 26.0 Å². The van der Waals surface area contributed by atoms with E-state index in [1.807, 2.05) is 24.3 Å². The summed E-state index contributed by atoms with van der Waals surface area (Å²) in [5, 5.41) is 10.5. The van der Waals surface area contributed by atoms with Gasteiger partial charge in [0.2, 0.25) is 5.91 Å². The molecule has 0 bridgehead atoms. The van der Waals surface area contributed by atoms with Crippen LogP contribution in [0, 0.1) is 5.82 Å². The van der Waals surface area contributed by atoms with Gasteiger partial charge in [0, 0.05) is 5.69 Å². The van der Waals surface area contributed by atoms with Crippen molar-refractivity contribution >= 4 is 23.4 Å². The van der Waals surface area contributed by atoms with Crippen LogP contribution in [0.15, 0.2) is 58.2 Å². The number of carbonyl (C=O) groups is 1. The van der Waals surface area contributed by atoms with Gasteiger partial charge in [0.15, 0.2) is 17.7 Å². The van der Waals surface area contributed by atoms with Crippen LogP contribution in [-0.2, 0) is 11.2 Å². The van der Waals surface area contributed by atoms with E-state index < -0.39 is 17.2 Å². The fourth-order valence-electron chi connectivity index (χ4n) is 2.49. The molecule has 0 unspecified atom stereocenters. The molecule has 0 radical (unpaired) electrons. The maximum absolute atomic E-state index is 13.7. The summed E-state index contributed by atoms with van der Waals surface area (Å²) < 4.78 is 24.8. The summed E-state index contributed by atoms with van der Waals surface area (Å²) in [6.07, 6.45) is 0.314. The molecule has 2 aromatic carbocycles. The Labute approximate surface area is 172 Å². The molecule has 0 saturated heterocycles. The van der Waals surface area contributed by atoms with E-state index in [9.17, 15) is 9.18 Å². The molecule has 0 aliphatic heterocycles. The molecule has 1 aromatic heterocycles. The number of aromatic nitrogens is 2. The number of aryl methyl sites for hydroxylation is 1. The summed E-state index contributed by atoms with van der Waals surface area (Å²) in [5.74, 6) is -0.326. The van der Waals surface area contributed by atoms with Gasteiger partial charge in [-0.1, -0.05) is 43.0 Å². The molecule has 3 aromatic rings. The second-order valence-electron chi connectivity index (χ2n) is 6.40. The van der Waals surface area contributed by atoms with Crippen LogP contribution in [0.5, 0.6) is 5.75 Å². The molecule has 0 fully saturated rings. The fourth-order valence-corrected chi connectivity index (χ4v) is 3.18. The number of thioether (sulfide) groups is 1. The number of nitrogens with zero attached hydrogens (tertiary/aromatic N) is 2. The molecule has 1 N–H and O–H groups in total. The Bertz CT molecular complexity index is 962. The van der Waals surface area contributed by atoms with E-state index in [-0.39, 0.29) is 22.8 Å². The molecule has 1 heterocycles. The highest BCUT2D eigenvalue weighted by molar-refractivity contribution is 8.00. The van der Waals surface area contributed by atoms with Gasteiger partial charge in [0.25, 0.3) is 11.1 Å². The summed E-state index contributed by atoms with van der Waals surface area (Å²) in [6.45, 7) is 5.52. The van der Waals surface area contributed by atoms with Crippen LogP contribution in [-0.4, -0.2) is 21.4 Å². The number of rotatable bonds is 8. The predicted octanol–water partition coefficient (Wildman–Crippen LogP) is 5.03. The molecule has 1 amide bonds. The summed E-state index contributed by atoms with van der Waals surface area (Å²) in [6, 6.07) is 13.8. The first-order valence-corrected chi connectivity index (χ1v) is 10.1. The fraction of sp³-hybridized carbons (Fsp3) is 0.286. The molecule has 152 valence electrons. The van der Waals surface area contributed by atoms with Gasteiger partial charge in [0.05, 0.1) is 5.25 Å². The number of nitrogens with one attached hydrogen (secondary N) is 1. The monoisotopic (exact) mass is 415 g/mol. The van der Waals surface area contributed by atoms with Crippen molar-refractivity contribution in [2.24, 2.45) is 0 Å². The van der Waals surface area contributed by atoms with Crippen LogP contribution < -0.4 is 10.1 Å². The van der Waals surface area contributed by atoms with Gasteiger partial charge in [-0.15, -0.1) is 10.2 Å². The zero-order chi connectivity index (χ0) is 20.8. The van der Waals surface area contributed by atoms with Crippen LogP contribution in [0.2, 0.25) is 0 Å². The van der Waals surface area contributed by atoms with Gasteiger partial charge in [-0.25, -0.2) is 4.39 Å². The molecule has 29 heavy (non-hydrogen) atoms. The number of hydrogen-bond acceptors (Lipinski definition) is 6. The Morgan fingerprint density at radius 1 is 1.17 bits per heavy atom. The van der Waals surface area contributed by atoms with Crippen molar-refractivity contribution in [3.8, 4) is 5.75 Å². The highest BCUT2D eigenvalue weighted by Crippen LogP contribution is 2.27. The Hall–Kier alpha value is -2.87. The van der Waals surface area contributed by atoms with Gasteiger partial charge >= 0.3 is 0 Å². The molecular weight excluding hydrogens is 393 g/mol. The van der Waals surface area contributed by atoms with Gasteiger partial charge in [0.1, 0.15) is 0 Å². The summed E-state index contributed by atoms with van der Waals surface area (Å²) in [7, 11) is 0. The van der Waals surface area contributed by atoms with Crippen molar-refractivity contribution in [2.45, 2.75) is 43.8 Å². The lowest BCUT2D eigenvalue weighted by molar-refractivity contribution is -0.115. The van der Waals surface area contributed by atoms with E-state index in [0.29, 0.717) is 0 Å². The van der Waals surface area contributed by atoms with Crippen LogP contribution in [0.3, 0.4) is 0 Å². The number of hydrogen-bond donors (Lipinski definition) is 1. The van der Waals surface area contributed by atoms with E-state index in [0.717, 1.165) is 23.9 Å². The van der Waals surface area contributed by atoms with Gasteiger partial charge in [-0.05, 0) is 50.1 Å². The zero-order valence-electron chi connectivity index (χ0n) is 16.4. The molecule has 0 spiro atoms. The lowest BCUT2D eigenvalue weighted by Gasteiger charge is -2.11. The van der Waals surface area contributed by atoms with Crippen LogP contribution in [0.1, 0.15) is 38.3 Å². The number of para-hydroxylation sites is 1. The summed E-state index contributed by atoms with van der Waals surface area (Å²) in [4.78, 5) is 12.4. The van der Waals surface area contributed by atoms with Crippen molar-refractivity contribution in [2.75, 3.05) is 5.32 Å². The highest BCUT2D eigenvalue weighted by Gasteiger charge is 2.21. The summed E-state index contributed by atoms with van der Waals surface area (Å²) in [5.41, 5.74) is 1.94. The molecule has 2 atom stereocenters. The SMILES string of the molecule is CCc1ccc(NC(=O)[C@H](C)Sc2nnc([C@H](C)Oc3ccccc3F)o2)cc1. The number of amides is 1. The smallest absolute Gasteiger partial charge is 0.277 e. The lowest BCUT2D eigenvalue weighted by atomic mass is 10.1. The van der Waals surface area contributed by atoms with Crippen molar-refractivity contribution in [3.05, 3.63) is 65.8 Å². The Kier molecular flexibility index (Phi) is 6.87. The highest BCUT2D eigenvalue weighted by atomic mass is 32.2. The van der Waals surface area contributed by atoms with Crippen LogP contribution in [0.4, 0.5) is 10.1 Å². The predicted molar refractivity (Wildman–Crippen MR) is 110 cm³/mol. The Morgan fingerprint density at radius 3 is 2.59 bits per heavy atom. The third-order valence-corrected chi connectivity index (χ3v) is 5.12. The third-order valence-electron chi connectivity index (χ3n) is 4.19. The zero-order valence-corrected chi connectivity index (χ0v) is 17.2. The minimum Gasteiger partial charge on any atom is -0.478 e. The Balaban J connectivity index is 1.56. The van der Waals surface area contributed by atoms with E-state index in [2.05, 4.69) is 22.4 Å². The maximum Gasteiger partial charge on any atom is 0.277 e. The number of ether oxygens (including phenoxy) is 1. The molecular formula is C21H22FN3O3S. The van der Waals surface area contributed by atoms with Gasteiger partial charge < -0.3 is 14.5 Å². The topological polar surface area (TPSA) is 77.2 Å². The second-order valence-corrected chi connectivity index (χ2v) is 7.69. The van der Waals surface area contributed by atoms with Crippen molar-refractivity contribution in [1.29, 1.82) is 0 Å². The largest absolute Gasteiger partial charge is 0.478 e. The second kappa shape index (κ2) is 9.56. The Morgan fingerprint density at radius 2 is 1.90 bits per heavy atom. The first kappa shape index (κ1) is 20.9. The normalized spacial score (nSPS) is 13.0. The molecule has 0 aliphatic rings. The first-order chi connectivity index (χ1) is 14.0. The van der Waals surface area contributed by atoms with Crippen LogP contribution in [0.25, 0.3) is 0 Å². The minimum atomic E-state index is -0.630. The van der Waals surface area contributed by atoms with E-state index >= 15 is 0 Å². The summed E-state index contributed by atoms with van der Waals surface area (Å²) >= 11 is 1.14. The van der Waals surface area contributed by atoms with Crippen LogP contribution >= 0.6 is 11.8 Å². The standard InChI is InChI=1S/C21H22FN3O3S/c1-4-15-9-11-16(12-10-15)23-19(26)14(3)29-21-25-24-20(28-21)13(2)27-18-8-6-5-7-17(18)22/h5-14H,4H2,1-3H3,(H,23,26)/t13-,14-/m0/s1. The lowest BCUT2D eigenvalue weighted by Crippen LogP contribution is -2.22. The number of halogens is 1. The molecule has 0 aliphatic carbocycles. The van der Waals surface area contributed by atoms with Gasteiger partial charge in [-0.2, -0.15) is 0 Å². The first-order valence-electron chi connectivity index (χ1n) is 9.27. The maximum atomic E-state index is 13.7. The van der Waals surface area contributed by atoms with Crippen molar-refractivity contribution in [3.63, 3.8) is 0 Å². The number of anilines is 1. The number of benzene rings is 2. The average molecular weight is 415 g/mol. The molecule has 3 rings (SSSR count). The van der Waals surface area contributed by atoms with E-state index in [4.69, 9.17) is 9.15 Å². The molecule has 8 heteroatoms.